The number of aliphatic hydroxyl groups is 1. The van der Waals surface area contributed by atoms with Crippen molar-refractivity contribution in [3.63, 3.8) is 0 Å². The first-order valence-corrected chi connectivity index (χ1v) is 4.01. The molecule has 1 atom stereocenters. The van der Waals surface area contributed by atoms with Gasteiger partial charge in [-0.15, -0.1) is 0 Å². The third-order valence-corrected chi connectivity index (χ3v) is 1.79. The van der Waals surface area contributed by atoms with Gasteiger partial charge in [-0.2, -0.15) is 4.39 Å². The number of anilines is 1. The SMILES string of the molecule is CC(O)C(=O)Nc1ncc(F)s1. The van der Waals surface area contributed by atoms with Gasteiger partial charge in [-0.25, -0.2) is 4.98 Å². The lowest BCUT2D eigenvalue weighted by Gasteiger charge is -2.01. The number of amides is 1. The molecule has 1 amide bonds. The maximum absolute atomic E-state index is 12.3. The molecule has 2 N–H and O–H groups in total. The van der Waals surface area contributed by atoms with Crippen LogP contribution in [0.5, 0.6) is 0 Å². The van der Waals surface area contributed by atoms with Gasteiger partial charge in [0, 0.05) is 0 Å². The first-order valence-electron chi connectivity index (χ1n) is 3.20. The smallest absolute Gasteiger partial charge is 0.254 e. The minimum Gasteiger partial charge on any atom is -0.384 e. The lowest BCUT2D eigenvalue weighted by Crippen LogP contribution is -2.24. The zero-order valence-corrected chi connectivity index (χ0v) is 7.06. The molecule has 1 unspecified atom stereocenters. The number of carbonyl (C=O) groups is 1. The zero-order valence-electron chi connectivity index (χ0n) is 6.24. The Morgan fingerprint density at radius 2 is 2.58 bits per heavy atom. The summed E-state index contributed by atoms with van der Waals surface area (Å²) >= 11 is 0.713. The molecule has 1 aromatic rings. The van der Waals surface area contributed by atoms with Crippen LogP contribution in [-0.4, -0.2) is 22.1 Å². The van der Waals surface area contributed by atoms with Crippen LogP contribution >= 0.6 is 11.3 Å². The molecule has 6 heteroatoms. The molecule has 0 aliphatic heterocycles. The van der Waals surface area contributed by atoms with E-state index in [2.05, 4.69) is 10.3 Å². The van der Waals surface area contributed by atoms with Crippen molar-refractivity contribution >= 4 is 22.4 Å². The molecule has 1 rings (SSSR count). The Kier molecular flexibility index (Phi) is 2.72. The molecule has 0 aliphatic carbocycles. The molecular weight excluding hydrogens is 183 g/mol. The standard InChI is InChI=1S/C6H7FN2O2S/c1-3(10)5(11)9-6-8-2-4(7)12-6/h2-3,10H,1H3,(H,8,9,11). The van der Waals surface area contributed by atoms with Crippen molar-refractivity contribution < 1.29 is 14.3 Å². The van der Waals surface area contributed by atoms with Gasteiger partial charge in [-0.1, -0.05) is 11.3 Å². The summed E-state index contributed by atoms with van der Waals surface area (Å²) in [5.74, 6) is -0.593. The molecule has 66 valence electrons. The normalized spacial score (nSPS) is 12.6. The second-order valence-electron chi connectivity index (χ2n) is 2.13. The third kappa shape index (κ3) is 2.24. The molecule has 0 saturated heterocycles. The van der Waals surface area contributed by atoms with Crippen molar-refractivity contribution in [1.29, 1.82) is 0 Å². The van der Waals surface area contributed by atoms with Crippen LogP contribution in [0.15, 0.2) is 6.20 Å². The van der Waals surface area contributed by atoms with E-state index < -0.39 is 17.1 Å². The monoisotopic (exact) mass is 190 g/mol. The first kappa shape index (κ1) is 9.08. The molecule has 0 fully saturated rings. The Hall–Kier alpha value is -1.01. The molecule has 0 aromatic carbocycles. The van der Waals surface area contributed by atoms with Crippen LogP contribution in [0.2, 0.25) is 0 Å². The van der Waals surface area contributed by atoms with Gasteiger partial charge in [0.25, 0.3) is 5.91 Å². The van der Waals surface area contributed by atoms with E-state index in [1.54, 1.807) is 0 Å². The largest absolute Gasteiger partial charge is 0.384 e. The average Bonchev–Trinajstić information content (AvgIpc) is 2.35. The summed E-state index contributed by atoms with van der Waals surface area (Å²) in [6.45, 7) is 1.32. The summed E-state index contributed by atoms with van der Waals surface area (Å²) in [4.78, 5) is 14.3. The lowest BCUT2D eigenvalue weighted by molar-refractivity contribution is -0.123. The molecular formula is C6H7FN2O2S. The molecule has 0 radical (unpaired) electrons. The minimum absolute atomic E-state index is 0.151. The number of thiazole rings is 1. The number of rotatable bonds is 2. The van der Waals surface area contributed by atoms with Gasteiger partial charge >= 0.3 is 0 Å². The summed E-state index contributed by atoms with van der Waals surface area (Å²) in [5.41, 5.74) is 0. The van der Waals surface area contributed by atoms with Crippen molar-refractivity contribution in [2.45, 2.75) is 13.0 Å². The summed E-state index contributed by atoms with van der Waals surface area (Å²) in [7, 11) is 0. The summed E-state index contributed by atoms with van der Waals surface area (Å²) < 4.78 is 12.3. The summed E-state index contributed by atoms with van der Waals surface area (Å²) in [6, 6.07) is 0. The Labute approximate surface area is 72.1 Å². The topological polar surface area (TPSA) is 62.2 Å². The van der Waals surface area contributed by atoms with Crippen LogP contribution in [0, 0.1) is 5.13 Å². The number of aromatic nitrogens is 1. The van der Waals surface area contributed by atoms with Crippen molar-refractivity contribution in [1.82, 2.24) is 4.98 Å². The van der Waals surface area contributed by atoms with Crippen LogP contribution in [0.3, 0.4) is 0 Å². The number of nitrogens with zero attached hydrogens (tertiary/aromatic N) is 1. The molecule has 1 aromatic heterocycles. The van der Waals surface area contributed by atoms with E-state index in [9.17, 15) is 9.18 Å². The molecule has 0 spiro atoms. The zero-order chi connectivity index (χ0) is 9.14. The van der Waals surface area contributed by atoms with Gasteiger partial charge in [-0.05, 0) is 6.92 Å². The van der Waals surface area contributed by atoms with E-state index in [0.717, 1.165) is 6.20 Å². The lowest BCUT2D eigenvalue weighted by atomic mass is 10.4. The Morgan fingerprint density at radius 3 is 3.00 bits per heavy atom. The van der Waals surface area contributed by atoms with Crippen molar-refractivity contribution in [3.8, 4) is 0 Å². The van der Waals surface area contributed by atoms with E-state index in [4.69, 9.17) is 5.11 Å². The summed E-state index contributed by atoms with van der Waals surface area (Å²) in [6.07, 6.45) is -0.112. The van der Waals surface area contributed by atoms with E-state index in [-0.39, 0.29) is 5.13 Å². The number of carbonyl (C=O) groups excluding carboxylic acids is 1. The molecule has 0 saturated carbocycles. The van der Waals surface area contributed by atoms with Gasteiger partial charge in [-0.3, -0.25) is 10.1 Å². The fraction of sp³-hybridized carbons (Fsp3) is 0.333. The highest BCUT2D eigenvalue weighted by molar-refractivity contribution is 7.14. The molecule has 1 heterocycles. The number of hydrogen-bond donors (Lipinski definition) is 2. The van der Waals surface area contributed by atoms with Crippen LogP contribution in [0.25, 0.3) is 0 Å². The second-order valence-corrected chi connectivity index (χ2v) is 3.12. The number of aliphatic hydroxyl groups excluding tert-OH is 1. The van der Waals surface area contributed by atoms with Crippen molar-refractivity contribution in [3.05, 3.63) is 11.3 Å². The fourth-order valence-corrected chi connectivity index (χ4v) is 1.07. The van der Waals surface area contributed by atoms with Crippen LogP contribution in [0.4, 0.5) is 9.52 Å². The maximum Gasteiger partial charge on any atom is 0.254 e. The van der Waals surface area contributed by atoms with Crippen LogP contribution in [-0.2, 0) is 4.79 Å². The summed E-state index contributed by atoms with van der Waals surface area (Å²) in [5, 5.41) is 10.7. The highest BCUT2D eigenvalue weighted by Gasteiger charge is 2.10. The molecule has 0 aliphatic rings. The van der Waals surface area contributed by atoms with Gasteiger partial charge in [0.1, 0.15) is 6.10 Å². The number of halogens is 1. The number of nitrogens with one attached hydrogen (secondary N) is 1. The number of hydrogen-bond acceptors (Lipinski definition) is 4. The predicted molar refractivity (Wildman–Crippen MR) is 42.4 cm³/mol. The predicted octanol–water partition coefficient (Wildman–Crippen LogP) is 0.601. The molecule has 0 bridgehead atoms. The molecule has 12 heavy (non-hydrogen) atoms. The second kappa shape index (κ2) is 3.59. The van der Waals surface area contributed by atoms with Gasteiger partial charge in [0.2, 0.25) is 0 Å². The van der Waals surface area contributed by atoms with Crippen LogP contribution in [0.1, 0.15) is 6.92 Å². The minimum atomic E-state index is -1.11. The van der Waals surface area contributed by atoms with Crippen molar-refractivity contribution in [2.75, 3.05) is 5.32 Å². The maximum atomic E-state index is 12.3. The van der Waals surface area contributed by atoms with Gasteiger partial charge < -0.3 is 5.11 Å². The van der Waals surface area contributed by atoms with E-state index in [0.29, 0.717) is 11.3 Å². The highest BCUT2D eigenvalue weighted by atomic mass is 32.1. The fourth-order valence-electron chi connectivity index (χ4n) is 0.522. The average molecular weight is 190 g/mol. The van der Waals surface area contributed by atoms with E-state index in [1.807, 2.05) is 0 Å². The molecule has 4 nitrogen and oxygen atoms in total. The Morgan fingerprint density at radius 1 is 1.92 bits per heavy atom. The van der Waals surface area contributed by atoms with E-state index in [1.165, 1.54) is 6.92 Å². The van der Waals surface area contributed by atoms with E-state index >= 15 is 0 Å². The van der Waals surface area contributed by atoms with Gasteiger partial charge in [0.15, 0.2) is 10.3 Å². The van der Waals surface area contributed by atoms with Gasteiger partial charge in [0.05, 0.1) is 6.20 Å². The van der Waals surface area contributed by atoms with Crippen molar-refractivity contribution in [2.24, 2.45) is 0 Å². The first-order chi connectivity index (χ1) is 5.59. The quantitative estimate of drug-likeness (QED) is 0.717. The third-order valence-electron chi connectivity index (χ3n) is 1.09. The Bertz CT molecular complexity index is 287. The van der Waals surface area contributed by atoms with Crippen LogP contribution < -0.4 is 5.32 Å². The highest BCUT2D eigenvalue weighted by Crippen LogP contribution is 2.15. The Balaban J connectivity index is 2.58.